The Morgan fingerprint density at radius 1 is 1.18 bits per heavy atom. The minimum absolute atomic E-state index is 0.0224. The maximum absolute atomic E-state index is 14.9. The summed E-state index contributed by atoms with van der Waals surface area (Å²) in [5.41, 5.74) is 1.40. The molecule has 1 atom stereocenters. The molecule has 0 spiro atoms. The van der Waals surface area contributed by atoms with Gasteiger partial charge in [-0.25, -0.2) is 4.39 Å². The molecule has 1 aliphatic rings. The molecule has 1 aromatic heterocycles. The van der Waals surface area contributed by atoms with Gasteiger partial charge in [-0.3, -0.25) is 14.6 Å². The highest BCUT2D eigenvalue weighted by Gasteiger charge is 2.47. The number of benzene rings is 2. The predicted octanol–water partition coefficient (Wildman–Crippen LogP) is 4.81. The van der Waals surface area contributed by atoms with Crippen molar-refractivity contribution in [1.82, 2.24) is 9.88 Å². The highest BCUT2D eigenvalue weighted by Crippen LogP contribution is 2.43. The molecule has 0 saturated carbocycles. The van der Waals surface area contributed by atoms with Crippen LogP contribution in [0.3, 0.4) is 0 Å². The van der Waals surface area contributed by atoms with Crippen LogP contribution in [0, 0.1) is 12.7 Å². The van der Waals surface area contributed by atoms with Crippen LogP contribution in [0.15, 0.2) is 66.5 Å². The largest absolute Gasteiger partial charge is 0.507 e. The average Bonchev–Trinajstić information content (AvgIpc) is 3.04. The van der Waals surface area contributed by atoms with E-state index in [4.69, 9.17) is 16.3 Å². The summed E-state index contributed by atoms with van der Waals surface area (Å²) in [6, 6.07) is 11.3. The summed E-state index contributed by atoms with van der Waals surface area (Å²) in [7, 11) is 1.38. The molecule has 1 unspecified atom stereocenters. The van der Waals surface area contributed by atoms with Crippen LogP contribution in [0.2, 0.25) is 5.02 Å². The third-order valence-corrected chi connectivity index (χ3v) is 5.77. The number of aryl methyl sites for hydroxylation is 1. The number of Topliss-reactive ketones (excluding diaryl/α,β-unsaturated/α-hetero) is 1. The first kappa shape index (κ1) is 22.5. The molecule has 2 aromatic carbocycles. The van der Waals surface area contributed by atoms with Crippen LogP contribution in [-0.2, 0) is 16.1 Å². The van der Waals surface area contributed by atoms with Crippen molar-refractivity contribution in [2.75, 3.05) is 7.11 Å². The fourth-order valence-corrected chi connectivity index (χ4v) is 4.36. The van der Waals surface area contributed by atoms with Crippen molar-refractivity contribution in [1.29, 1.82) is 0 Å². The molecule has 1 amide bonds. The SMILES string of the molecule is COc1c(Cl)cc(C)cc1/C(O)=C1\C(=O)C(=O)N(Cc2ccncc2)C1c1ccccc1F. The molecule has 3 aromatic rings. The standard InChI is InChI=1S/C25H20ClFN2O4/c1-14-11-17(24(33-2)18(26)12-14)22(30)20-21(16-5-3-4-6-19(16)27)29(25(32)23(20)31)13-15-7-9-28-10-8-15/h3-12,21,30H,13H2,1-2H3/b22-20+. The zero-order valence-electron chi connectivity index (χ0n) is 17.9. The lowest BCUT2D eigenvalue weighted by atomic mass is 9.94. The number of ketones is 1. The monoisotopic (exact) mass is 466 g/mol. The van der Waals surface area contributed by atoms with E-state index >= 15 is 0 Å². The fourth-order valence-electron chi connectivity index (χ4n) is 4.01. The van der Waals surface area contributed by atoms with Crippen molar-refractivity contribution in [3.63, 3.8) is 0 Å². The number of halogens is 2. The lowest BCUT2D eigenvalue weighted by Crippen LogP contribution is -2.29. The van der Waals surface area contributed by atoms with Gasteiger partial charge in [0.15, 0.2) is 0 Å². The number of nitrogens with zero attached hydrogens (tertiary/aromatic N) is 2. The van der Waals surface area contributed by atoms with Crippen LogP contribution in [-0.4, -0.2) is 33.8 Å². The number of pyridine rings is 1. The number of carbonyl (C=O) groups is 2. The number of likely N-dealkylation sites (tertiary alicyclic amines) is 1. The first-order valence-electron chi connectivity index (χ1n) is 10.1. The van der Waals surface area contributed by atoms with E-state index in [0.29, 0.717) is 11.1 Å². The van der Waals surface area contributed by atoms with Crippen LogP contribution in [0.4, 0.5) is 4.39 Å². The first-order valence-corrected chi connectivity index (χ1v) is 10.5. The van der Waals surface area contributed by atoms with Gasteiger partial charge in [-0.05, 0) is 48.4 Å². The molecule has 4 rings (SSSR count). The molecule has 2 heterocycles. The second-order valence-electron chi connectivity index (χ2n) is 7.63. The van der Waals surface area contributed by atoms with E-state index in [1.807, 2.05) is 0 Å². The number of aliphatic hydroxyl groups excluding tert-OH is 1. The summed E-state index contributed by atoms with van der Waals surface area (Å²) in [6.45, 7) is 1.78. The zero-order chi connectivity index (χ0) is 23.7. The molecule has 1 aliphatic heterocycles. The minimum Gasteiger partial charge on any atom is -0.507 e. The molecule has 0 bridgehead atoms. The van der Waals surface area contributed by atoms with Crippen molar-refractivity contribution >= 4 is 29.1 Å². The van der Waals surface area contributed by atoms with E-state index in [9.17, 15) is 19.1 Å². The Kier molecular flexibility index (Phi) is 6.16. The Morgan fingerprint density at radius 3 is 2.55 bits per heavy atom. The molecule has 6 nitrogen and oxygen atoms in total. The molecule has 0 aliphatic carbocycles. The van der Waals surface area contributed by atoms with E-state index < -0.39 is 29.3 Å². The van der Waals surface area contributed by atoms with Crippen molar-refractivity contribution in [3.8, 4) is 5.75 Å². The number of rotatable bonds is 5. The van der Waals surface area contributed by atoms with Crippen LogP contribution >= 0.6 is 11.6 Å². The van der Waals surface area contributed by atoms with Crippen LogP contribution < -0.4 is 4.74 Å². The highest BCUT2D eigenvalue weighted by atomic mass is 35.5. The van der Waals surface area contributed by atoms with E-state index in [1.165, 1.54) is 30.2 Å². The van der Waals surface area contributed by atoms with Crippen LogP contribution in [0.5, 0.6) is 5.75 Å². The van der Waals surface area contributed by atoms with Gasteiger partial charge in [0.05, 0.1) is 29.3 Å². The van der Waals surface area contributed by atoms with Crippen molar-refractivity contribution in [2.45, 2.75) is 19.5 Å². The molecule has 8 heteroatoms. The van der Waals surface area contributed by atoms with Crippen molar-refractivity contribution in [3.05, 3.63) is 99.6 Å². The van der Waals surface area contributed by atoms with Gasteiger partial charge in [-0.15, -0.1) is 0 Å². The van der Waals surface area contributed by atoms with E-state index in [1.54, 1.807) is 49.6 Å². The van der Waals surface area contributed by atoms with Gasteiger partial charge in [0.2, 0.25) is 0 Å². The van der Waals surface area contributed by atoms with Crippen molar-refractivity contribution in [2.24, 2.45) is 0 Å². The molecule has 168 valence electrons. The predicted molar refractivity (Wildman–Crippen MR) is 121 cm³/mol. The number of ether oxygens (including phenoxy) is 1. The van der Waals surface area contributed by atoms with Crippen LogP contribution in [0.1, 0.15) is 28.3 Å². The van der Waals surface area contributed by atoms with E-state index in [0.717, 1.165) is 0 Å². The second-order valence-corrected chi connectivity index (χ2v) is 8.04. The summed E-state index contributed by atoms with van der Waals surface area (Å²) < 4.78 is 20.3. The normalized spacial score (nSPS) is 17.5. The number of aliphatic hydroxyl groups is 1. The Morgan fingerprint density at radius 2 is 1.88 bits per heavy atom. The third kappa shape index (κ3) is 4.07. The van der Waals surface area contributed by atoms with Gasteiger partial charge in [0, 0.05) is 24.5 Å². The van der Waals surface area contributed by atoms with Crippen LogP contribution in [0.25, 0.3) is 5.76 Å². The Bertz CT molecular complexity index is 1280. The average molecular weight is 467 g/mol. The van der Waals surface area contributed by atoms with Gasteiger partial charge in [0.1, 0.15) is 17.3 Å². The van der Waals surface area contributed by atoms with Crippen molar-refractivity contribution < 1.29 is 23.8 Å². The lowest BCUT2D eigenvalue weighted by molar-refractivity contribution is -0.140. The Hall–Kier alpha value is -3.71. The number of methoxy groups -OCH3 is 1. The lowest BCUT2D eigenvalue weighted by Gasteiger charge is -2.26. The van der Waals surface area contributed by atoms with Gasteiger partial charge in [-0.2, -0.15) is 0 Å². The minimum atomic E-state index is -1.15. The van der Waals surface area contributed by atoms with E-state index in [2.05, 4.69) is 4.98 Å². The number of amides is 1. The number of aromatic nitrogens is 1. The number of hydrogen-bond acceptors (Lipinski definition) is 5. The molecular weight excluding hydrogens is 447 g/mol. The highest BCUT2D eigenvalue weighted by molar-refractivity contribution is 6.46. The molecular formula is C25H20ClFN2O4. The quantitative estimate of drug-likeness (QED) is 0.331. The molecule has 1 saturated heterocycles. The number of hydrogen-bond donors (Lipinski definition) is 1. The molecule has 1 fully saturated rings. The topological polar surface area (TPSA) is 79.7 Å². The Labute approximate surface area is 194 Å². The maximum Gasteiger partial charge on any atom is 0.295 e. The second kappa shape index (κ2) is 9.03. The third-order valence-electron chi connectivity index (χ3n) is 5.49. The summed E-state index contributed by atoms with van der Waals surface area (Å²) in [4.78, 5) is 31.4. The summed E-state index contributed by atoms with van der Waals surface area (Å²) in [5, 5.41) is 11.5. The van der Waals surface area contributed by atoms with Gasteiger partial charge >= 0.3 is 0 Å². The maximum atomic E-state index is 14.9. The smallest absolute Gasteiger partial charge is 0.295 e. The molecule has 0 radical (unpaired) electrons. The summed E-state index contributed by atoms with van der Waals surface area (Å²) >= 11 is 6.28. The van der Waals surface area contributed by atoms with Gasteiger partial charge in [0.25, 0.3) is 11.7 Å². The first-order chi connectivity index (χ1) is 15.8. The van der Waals surface area contributed by atoms with Gasteiger partial charge < -0.3 is 14.7 Å². The molecule has 1 N–H and O–H groups in total. The fraction of sp³-hybridized carbons (Fsp3) is 0.160. The summed E-state index contributed by atoms with van der Waals surface area (Å²) in [6.07, 6.45) is 3.12. The Balaban J connectivity index is 1.95. The molecule has 33 heavy (non-hydrogen) atoms. The number of carbonyl (C=O) groups excluding carboxylic acids is 2. The zero-order valence-corrected chi connectivity index (χ0v) is 18.6. The summed E-state index contributed by atoms with van der Waals surface area (Å²) in [5.74, 6) is -2.72. The van der Waals surface area contributed by atoms with Gasteiger partial charge in [-0.1, -0.05) is 29.8 Å². The van der Waals surface area contributed by atoms with E-state index in [-0.39, 0.29) is 34.0 Å².